The van der Waals surface area contributed by atoms with E-state index in [0.29, 0.717) is 18.7 Å². The summed E-state index contributed by atoms with van der Waals surface area (Å²) in [7, 11) is 0. The molecule has 1 aromatic carbocycles. The van der Waals surface area contributed by atoms with Crippen molar-refractivity contribution in [3.63, 3.8) is 0 Å². The number of nitrogens with zero attached hydrogens (tertiary/aromatic N) is 2. The van der Waals surface area contributed by atoms with Gasteiger partial charge in [-0.25, -0.2) is 10.2 Å². The van der Waals surface area contributed by atoms with Gasteiger partial charge in [-0.05, 0) is 24.1 Å². The lowest BCUT2D eigenvalue weighted by molar-refractivity contribution is 0.504. The molecule has 5 nitrogen and oxygen atoms in total. The predicted octanol–water partition coefficient (Wildman–Crippen LogP) is 1.28. The molecule has 0 atom stereocenters. The first-order chi connectivity index (χ1) is 7.78. The van der Waals surface area contributed by atoms with E-state index in [1.165, 1.54) is 12.1 Å². The smallest absolute Gasteiger partial charge is 0.330 e. The number of nitrogens with one attached hydrogen (secondary N) is 1. The molecule has 0 spiro atoms. The maximum atomic E-state index is 12.9. The molecule has 2 aromatic rings. The zero-order valence-corrected chi connectivity index (χ0v) is 8.48. The second-order valence-electron chi connectivity index (χ2n) is 3.28. The summed E-state index contributed by atoms with van der Waals surface area (Å²) in [5.41, 5.74) is 3.14. The molecule has 0 saturated carbocycles. The summed E-state index contributed by atoms with van der Waals surface area (Å²) in [6, 6.07) is 6.59. The van der Waals surface area contributed by atoms with Crippen LogP contribution >= 0.6 is 0 Å². The van der Waals surface area contributed by atoms with Crippen LogP contribution in [0.4, 0.5) is 10.4 Å². The number of hydrazine groups is 1. The van der Waals surface area contributed by atoms with E-state index in [2.05, 4.69) is 15.6 Å². The van der Waals surface area contributed by atoms with Crippen molar-refractivity contribution in [3.8, 4) is 0 Å². The van der Waals surface area contributed by atoms with Gasteiger partial charge in [-0.1, -0.05) is 17.2 Å². The normalized spacial score (nSPS) is 10.4. The molecule has 3 N–H and O–H groups in total. The maximum absolute atomic E-state index is 12.9. The molecule has 6 heteroatoms. The molecule has 84 valence electrons. The highest BCUT2D eigenvalue weighted by Crippen LogP contribution is 2.09. The number of hydrogen-bond donors (Lipinski definition) is 2. The first-order valence-electron chi connectivity index (χ1n) is 4.81. The van der Waals surface area contributed by atoms with Gasteiger partial charge < -0.3 is 4.42 Å². The number of rotatable bonds is 4. The summed E-state index contributed by atoms with van der Waals surface area (Å²) in [5, 5.41) is 7.41. The van der Waals surface area contributed by atoms with Gasteiger partial charge in [0, 0.05) is 6.42 Å². The Labute approximate surface area is 91.4 Å². The topological polar surface area (TPSA) is 77.0 Å². The number of nitrogen functional groups attached to an aromatic ring is 1. The molecule has 0 bridgehead atoms. The summed E-state index contributed by atoms with van der Waals surface area (Å²) >= 11 is 0. The maximum Gasteiger partial charge on any atom is 0.330 e. The van der Waals surface area contributed by atoms with Gasteiger partial charge in [0.1, 0.15) is 5.82 Å². The van der Waals surface area contributed by atoms with Crippen molar-refractivity contribution in [2.75, 3.05) is 5.43 Å². The van der Waals surface area contributed by atoms with Crippen molar-refractivity contribution in [1.29, 1.82) is 0 Å². The van der Waals surface area contributed by atoms with E-state index in [9.17, 15) is 4.39 Å². The van der Waals surface area contributed by atoms with Gasteiger partial charge in [0.25, 0.3) is 0 Å². The number of anilines is 1. The summed E-state index contributed by atoms with van der Waals surface area (Å²) < 4.78 is 18.0. The Bertz CT molecular complexity index is 471. The van der Waals surface area contributed by atoms with Gasteiger partial charge >= 0.3 is 6.01 Å². The van der Waals surface area contributed by atoms with E-state index in [-0.39, 0.29) is 11.8 Å². The molecule has 0 unspecified atom stereocenters. The highest BCUT2D eigenvalue weighted by molar-refractivity contribution is 5.17. The van der Waals surface area contributed by atoms with Crippen LogP contribution in [0.15, 0.2) is 28.7 Å². The third kappa shape index (κ3) is 2.54. The molecule has 1 aromatic heterocycles. The molecule has 0 aliphatic carbocycles. The second-order valence-corrected chi connectivity index (χ2v) is 3.28. The SMILES string of the molecule is NNc1nnc(CCc2cccc(F)c2)o1. The van der Waals surface area contributed by atoms with Crippen molar-refractivity contribution in [2.24, 2.45) is 5.84 Å². The van der Waals surface area contributed by atoms with E-state index in [1.54, 1.807) is 6.07 Å². The molecule has 0 aliphatic rings. The Morgan fingerprint density at radius 3 is 2.88 bits per heavy atom. The quantitative estimate of drug-likeness (QED) is 0.602. The van der Waals surface area contributed by atoms with Crippen molar-refractivity contribution in [2.45, 2.75) is 12.8 Å². The van der Waals surface area contributed by atoms with Gasteiger partial charge in [0.15, 0.2) is 0 Å². The Morgan fingerprint density at radius 1 is 1.31 bits per heavy atom. The lowest BCUT2D eigenvalue weighted by Crippen LogP contribution is -2.06. The summed E-state index contributed by atoms with van der Waals surface area (Å²) in [6.07, 6.45) is 1.20. The minimum atomic E-state index is -0.243. The Kier molecular flexibility index (Phi) is 3.11. The summed E-state index contributed by atoms with van der Waals surface area (Å²) in [4.78, 5) is 0. The van der Waals surface area contributed by atoms with Crippen LogP contribution in [0.3, 0.4) is 0 Å². The summed E-state index contributed by atoms with van der Waals surface area (Å²) in [5.74, 6) is 5.32. The molecule has 0 fully saturated rings. The van der Waals surface area contributed by atoms with Crippen LogP contribution < -0.4 is 11.3 Å². The molecule has 0 aliphatic heterocycles. The van der Waals surface area contributed by atoms with Crippen LogP contribution in [0.5, 0.6) is 0 Å². The molecule has 0 amide bonds. The van der Waals surface area contributed by atoms with Crippen LogP contribution in [0.2, 0.25) is 0 Å². The number of nitrogens with two attached hydrogens (primary N) is 1. The van der Waals surface area contributed by atoms with Crippen molar-refractivity contribution < 1.29 is 8.81 Å². The zero-order valence-electron chi connectivity index (χ0n) is 8.48. The van der Waals surface area contributed by atoms with Gasteiger partial charge in [-0.15, -0.1) is 5.10 Å². The van der Waals surface area contributed by atoms with Crippen LogP contribution in [-0.2, 0) is 12.8 Å². The monoisotopic (exact) mass is 222 g/mol. The molecule has 1 heterocycles. The van der Waals surface area contributed by atoms with Crippen LogP contribution in [-0.4, -0.2) is 10.2 Å². The lowest BCUT2D eigenvalue weighted by atomic mass is 10.1. The zero-order chi connectivity index (χ0) is 11.4. The Morgan fingerprint density at radius 2 is 2.19 bits per heavy atom. The average molecular weight is 222 g/mol. The fraction of sp³-hybridized carbons (Fsp3) is 0.200. The number of hydrogen-bond acceptors (Lipinski definition) is 5. The molecular weight excluding hydrogens is 211 g/mol. The standard InChI is InChI=1S/C10H11FN4O/c11-8-3-1-2-7(6-8)4-5-9-14-15-10(13-12)16-9/h1-3,6H,4-5,12H2,(H,13,15). The van der Waals surface area contributed by atoms with E-state index < -0.39 is 0 Å². The van der Waals surface area contributed by atoms with E-state index in [1.807, 2.05) is 6.07 Å². The van der Waals surface area contributed by atoms with E-state index in [4.69, 9.17) is 10.3 Å². The fourth-order valence-electron chi connectivity index (χ4n) is 1.36. The van der Waals surface area contributed by atoms with Crippen LogP contribution in [0.25, 0.3) is 0 Å². The number of benzene rings is 1. The molecule has 0 radical (unpaired) electrons. The molecule has 0 saturated heterocycles. The molecule has 2 rings (SSSR count). The first kappa shape index (κ1) is 10.6. The van der Waals surface area contributed by atoms with Gasteiger partial charge in [-0.2, -0.15) is 0 Å². The minimum Gasteiger partial charge on any atom is -0.407 e. The minimum absolute atomic E-state index is 0.175. The van der Waals surface area contributed by atoms with Crippen LogP contribution in [0.1, 0.15) is 11.5 Å². The first-order valence-corrected chi connectivity index (χ1v) is 4.81. The molecular formula is C10H11FN4O. The predicted molar refractivity (Wildman–Crippen MR) is 55.9 cm³/mol. The van der Waals surface area contributed by atoms with Gasteiger partial charge in [0.05, 0.1) is 0 Å². The number of aryl methyl sites for hydroxylation is 2. The highest BCUT2D eigenvalue weighted by Gasteiger charge is 2.04. The Hall–Kier alpha value is -1.95. The number of aromatic nitrogens is 2. The lowest BCUT2D eigenvalue weighted by Gasteiger charge is -1.98. The van der Waals surface area contributed by atoms with E-state index in [0.717, 1.165) is 5.56 Å². The second kappa shape index (κ2) is 4.71. The van der Waals surface area contributed by atoms with Crippen molar-refractivity contribution >= 4 is 6.01 Å². The largest absolute Gasteiger partial charge is 0.407 e. The van der Waals surface area contributed by atoms with Gasteiger partial charge in [-0.3, -0.25) is 5.43 Å². The van der Waals surface area contributed by atoms with Crippen LogP contribution in [0, 0.1) is 5.82 Å². The molecule has 16 heavy (non-hydrogen) atoms. The highest BCUT2D eigenvalue weighted by atomic mass is 19.1. The third-order valence-corrected chi connectivity index (χ3v) is 2.11. The average Bonchev–Trinajstić information content (AvgIpc) is 2.74. The van der Waals surface area contributed by atoms with E-state index >= 15 is 0 Å². The number of halogens is 1. The van der Waals surface area contributed by atoms with Crippen molar-refractivity contribution in [3.05, 3.63) is 41.5 Å². The summed E-state index contributed by atoms with van der Waals surface area (Å²) in [6.45, 7) is 0. The third-order valence-electron chi connectivity index (χ3n) is 2.11. The van der Waals surface area contributed by atoms with Crippen molar-refractivity contribution in [1.82, 2.24) is 10.2 Å². The van der Waals surface area contributed by atoms with Gasteiger partial charge in [0.2, 0.25) is 5.89 Å². The fourth-order valence-corrected chi connectivity index (χ4v) is 1.36. The Balaban J connectivity index is 1.96.